The number of ether oxygens (including phenoxy) is 1. The van der Waals surface area contributed by atoms with E-state index in [4.69, 9.17) is 27.9 Å². The third kappa shape index (κ3) is 5.23. The van der Waals surface area contributed by atoms with Gasteiger partial charge in [0.2, 0.25) is 10.0 Å². The maximum absolute atomic E-state index is 12.2. The van der Waals surface area contributed by atoms with Crippen molar-refractivity contribution in [1.82, 2.24) is 4.31 Å². The Hall–Kier alpha value is -2.13. The lowest BCUT2D eigenvalue weighted by Gasteiger charge is -2.14. The summed E-state index contributed by atoms with van der Waals surface area (Å²) in [5, 5.41) is 3.01. The summed E-state index contributed by atoms with van der Waals surface area (Å²) in [6.07, 6.45) is 0. The van der Waals surface area contributed by atoms with Crippen LogP contribution in [-0.4, -0.2) is 45.3 Å². The molecule has 2 aromatic carbocycles. The van der Waals surface area contributed by atoms with Gasteiger partial charge < -0.3 is 10.1 Å². The van der Waals surface area contributed by atoms with E-state index in [1.54, 1.807) is 13.0 Å². The zero-order valence-corrected chi connectivity index (χ0v) is 17.7. The second-order valence-corrected chi connectivity index (χ2v) is 9.01. The Morgan fingerprint density at radius 1 is 1.11 bits per heavy atom. The fourth-order valence-electron chi connectivity index (χ4n) is 2.16. The van der Waals surface area contributed by atoms with E-state index < -0.39 is 28.5 Å². The molecule has 0 radical (unpaired) electrons. The minimum Gasteiger partial charge on any atom is -0.452 e. The molecule has 0 saturated heterocycles. The fourth-order valence-corrected chi connectivity index (χ4v) is 3.57. The summed E-state index contributed by atoms with van der Waals surface area (Å²) >= 11 is 11.7. The smallest absolute Gasteiger partial charge is 0.340 e. The van der Waals surface area contributed by atoms with E-state index in [9.17, 15) is 18.0 Å². The Morgan fingerprint density at radius 3 is 2.39 bits per heavy atom. The average molecular weight is 445 g/mol. The van der Waals surface area contributed by atoms with Gasteiger partial charge in [0.25, 0.3) is 5.91 Å². The first-order valence-electron chi connectivity index (χ1n) is 7.97. The number of benzene rings is 2. The quantitative estimate of drug-likeness (QED) is 0.689. The highest BCUT2D eigenvalue weighted by atomic mass is 35.5. The van der Waals surface area contributed by atoms with Crippen LogP contribution in [0.2, 0.25) is 10.0 Å². The highest BCUT2D eigenvalue weighted by Gasteiger charge is 2.19. The molecule has 0 unspecified atom stereocenters. The molecule has 0 saturated carbocycles. The number of nitrogens with one attached hydrogen (secondary N) is 1. The van der Waals surface area contributed by atoms with Crippen molar-refractivity contribution in [1.29, 1.82) is 0 Å². The normalized spacial score (nSPS) is 11.4. The number of carbonyl (C=O) groups excluding carboxylic acids is 2. The Kier molecular flexibility index (Phi) is 7.06. The summed E-state index contributed by atoms with van der Waals surface area (Å²) in [5.74, 6) is -1.40. The molecule has 0 atom stereocenters. The van der Waals surface area contributed by atoms with E-state index in [0.717, 1.165) is 4.31 Å². The molecular formula is C18H18Cl2N2O5S. The molecule has 0 aliphatic carbocycles. The molecule has 0 aliphatic heterocycles. The molecule has 10 heteroatoms. The predicted octanol–water partition coefficient (Wildman–Crippen LogP) is 3.35. The van der Waals surface area contributed by atoms with Gasteiger partial charge in [0.1, 0.15) is 0 Å². The van der Waals surface area contributed by atoms with Crippen molar-refractivity contribution in [3.05, 3.63) is 57.6 Å². The van der Waals surface area contributed by atoms with Crippen LogP contribution in [0.1, 0.15) is 15.9 Å². The van der Waals surface area contributed by atoms with E-state index in [-0.39, 0.29) is 15.5 Å². The van der Waals surface area contributed by atoms with Gasteiger partial charge in [-0.25, -0.2) is 17.5 Å². The van der Waals surface area contributed by atoms with Crippen LogP contribution in [0.25, 0.3) is 0 Å². The number of rotatable bonds is 6. The molecule has 0 bridgehead atoms. The van der Waals surface area contributed by atoms with Gasteiger partial charge in [-0.1, -0.05) is 29.3 Å². The Labute approximate surface area is 173 Å². The number of hydrogen-bond acceptors (Lipinski definition) is 5. The molecule has 2 rings (SSSR count). The maximum atomic E-state index is 12.2. The van der Waals surface area contributed by atoms with E-state index >= 15 is 0 Å². The molecule has 0 heterocycles. The number of aryl methyl sites for hydroxylation is 1. The molecule has 1 N–H and O–H groups in total. The van der Waals surface area contributed by atoms with E-state index in [1.165, 1.54) is 44.4 Å². The van der Waals surface area contributed by atoms with Crippen molar-refractivity contribution >= 4 is 50.8 Å². The van der Waals surface area contributed by atoms with Gasteiger partial charge in [-0.15, -0.1) is 0 Å². The lowest BCUT2D eigenvalue weighted by molar-refractivity contribution is -0.119. The lowest BCUT2D eigenvalue weighted by Crippen LogP contribution is -2.23. The Balaban J connectivity index is 2.08. The number of hydrogen-bond donors (Lipinski definition) is 1. The van der Waals surface area contributed by atoms with Gasteiger partial charge in [0.05, 0.1) is 15.5 Å². The topological polar surface area (TPSA) is 92.8 Å². The number of halogens is 2. The fraction of sp³-hybridized carbons (Fsp3) is 0.222. The summed E-state index contributed by atoms with van der Waals surface area (Å²) < 4.78 is 30.5. The van der Waals surface area contributed by atoms with Crippen LogP contribution in [0.4, 0.5) is 5.69 Å². The van der Waals surface area contributed by atoms with Gasteiger partial charge in [-0.05, 0) is 42.8 Å². The van der Waals surface area contributed by atoms with Crippen molar-refractivity contribution in [2.75, 3.05) is 26.0 Å². The van der Waals surface area contributed by atoms with E-state index in [1.807, 2.05) is 0 Å². The van der Waals surface area contributed by atoms with E-state index in [0.29, 0.717) is 16.3 Å². The second-order valence-electron chi connectivity index (χ2n) is 6.01. The highest BCUT2D eigenvalue weighted by Crippen LogP contribution is 2.23. The molecule has 28 heavy (non-hydrogen) atoms. The zero-order chi connectivity index (χ0) is 21.1. The van der Waals surface area contributed by atoms with E-state index in [2.05, 4.69) is 5.32 Å². The largest absolute Gasteiger partial charge is 0.452 e. The van der Waals surface area contributed by atoms with Gasteiger partial charge >= 0.3 is 5.97 Å². The zero-order valence-electron chi connectivity index (χ0n) is 15.3. The SMILES string of the molecule is Cc1ccc(S(=O)(=O)N(C)C)cc1NC(=O)COC(=O)c1ccc(Cl)cc1Cl. The Bertz CT molecular complexity index is 1020. The van der Waals surface area contributed by atoms with Crippen LogP contribution in [0.5, 0.6) is 0 Å². The number of carbonyl (C=O) groups is 2. The van der Waals surface area contributed by atoms with Crippen molar-refractivity contribution in [3.63, 3.8) is 0 Å². The minimum absolute atomic E-state index is 0.0309. The Morgan fingerprint density at radius 2 is 1.79 bits per heavy atom. The van der Waals surface area contributed by atoms with Crippen molar-refractivity contribution in [2.45, 2.75) is 11.8 Å². The van der Waals surface area contributed by atoms with Crippen molar-refractivity contribution in [2.24, 2.45) is 0 Å². The first-order chi connectivity index (χ1) is 13.0. The van der Waals surface area contributed by atoms with Crippen molar-refractivity contribution in [3.8, 4) is 0 Å². The molecule has 7 nitrogen and oxygen atoms in total. The summed E-state index contributed by atoms with van der Waals surface area (Å²) in [6.45, 7) is 1.14. The summed E-state index contributed by atoms with van der Waals surface area (Å²) in [7, 11) is -0.828. The molecule has 0 fully saturated rings. The monoisotopic (exact) mass is 444 g/mol. The second kappa shape index (κ2) is 8.91. The number of amides is 1. The van der Waals surface area contributed by atoms with Crippen LogP contribution in [0.15, 0.2) is 41.3 Å². The minimum atomic E-state index is -3.65. The molecule has 0 spiro atoms. The van der Waals surface area contributed by atoms with Gasteiger partial charge in [-0.3, -0.25) is 4.79 Å². The van der Waals surface area contributed by atoms with Crippen LogP contribution in [0, 0.1) is 6.92 Å². The standard InChI is InChI=1S/C18H18Cl2N2O5S/c1-11-4-6-13(28(25,26)22(2)3)9-16(11)21-17(23)10-27-18(24)14-7-5-12(19)8-15(14)20/h4-9H,10H2,1-3H3,(H,21,23). The molecule has 0 aromatic heterocycles. The average Bonchev–Trinajstić information content (AvgIpc) is 2.61. The molecular weight excluding hydrogens is 427 g/mol. The predicted molar refractivity (Wildman–Crippen MR) is 107 cm³/mol. The summed E-state index contributed by atoms with van der Waals surface area (Å²) in [6, 6.07) is 8.63. The molecule has 1 amide bonds. The van der Waals surface area contributed by atoms with Crippen molar-refractivity contribution < 1.29 is 22.7 Å². The molecule has 0 aliphatic rings. The number of nitrogens with zero attached hydrogens (tertiary/aromatic N) is 1. The number of esters is 1. The third-order valence-electron chi connectivity index (χ3n) is 3.75. The van der Waals surface area contributed by atoms with Crippen LogP contribution in [0.3, 0.4) is 0 Å². The molecule has 150 valence electrons. The maximum Gasteiger partial charge on any atom is 0.340 e. The highest BCUT2D eigenvalue weighted by molar-refractivity contribution is 7.89. The first kappa shape index (κ1) is 22.2. The van der Waals surface area contributed by atoms with Crippen LogP contribution in [-0.2, 0) is 19.6 Å². The first-order valence-corrected chi connectivity index (χ1v) is 10.2. The van der Waals surface area contributed by atoms with Crippen LogP contribution < -0.4 is 5.32 Å². The number of anilines is 1. The van der Waals surface area contributed by atoms with Gasteiger partial charge in [0, 0.05) is 24.8 Å². The molecule has 2 aromatic rings. The number of sulfonamides is 1. The lowest BCUT2D eigenvalue weighted by atomic mass is 10.2. The summed E-state index contributed by atoms with van der Waals surface area (Å²) in [5.41, 5.74) is 1.03. The third-order valence-corrected chi connectivity index (χ3v) is 6.11. The van der Waals surface area contributed by atoms with Crippen LogP contribution >= 0.6 is 23.2 Å². The summed E-state index contributed by atoms with van der Waals surface area (Å²) in [4.78, 5) is 24.2. The van der Waals surface area contributed by atoms with Gasteiger partial charge in [-0.2, -0.15) is 0 Å². The van der Waals surface area contributed by atoms with Gasteiger partial charge in [0.15, 0.2) is 6.61 Å².